The molecule has 670 valence electrons. The summed E-state index contributed by atoms with van der Waals surface area (Å²) < 4.78 is 84.9. The van der Waals surface area contributed by atoms with E-state index in [2.05, 4.69) is 76.4 Å². The lowest BCUT2D eigenvalue weighted by atomic mass is 9.48. The smallest absolute Gasteiger partial charge is 1.00 e. The summed E-state index contributed by atoms with van der Waals surface area (Å²) in [7, 11) is 3.30. The second-order valence-electron chi connectivity index (χ2n) is 37.5. The number of halogens is 1. The van der Waals surface area contributed by atoms with Gasteiger partial charge in [0.05, 0.1) is 120 Å². The Hall–Kier alpha value is -5.71. The summed E-state index contributed by atoms with van der Waals surface area (Å²) in [6.45, 7) is 24.5. The van der Waals surface area contributed by atoms with E-state index >= 15 is 0 Å². The van der Waals surface area contributed by atoms with Crippen LogP contribution in [0.4, 0.5) is 10.5 Å². The highest BCUT2D eigenvalue weighted by Gasteiger charge is 2.69. The molecule has 4 aliphatic carbocycles. The van der Waals surface area contributed by atoms with Crippen LogP contribution in [0.15, 0.2) is 120 Å². The number of thioether (sulfide) groups is 1. The first-order valence-corrected chi connectivity index (χ1v) is 45.0. The van der Waals surface area contributed by atoms with E-state index in [0.29, 0.717) is 80.9 Å². The number of allylic oxidation sites excluding steroid dienone is 3. The Labute approximate surface area is 724 Å². The summed E-state index contributed by atoms with van der Waals surface area (Å²) in [5.74, 6) is 1.41. The first-order chi connectivity index (χ1) is 57.5. The van der Waals surface area contributed by atoms with Crippen LogP contribution >= 0.6 is 11.8 Å². The van der Waals surface area contributed by atoms with E-state index < -0.39 is 41.9 Å². The van der Waals surface area contributed by atoms with E-state index in [9.17, 15) is 29.4 Å². The predicted octanol–water partition coefficient (Wildman–Crippen LogP) is 8.51. The first kappa shape index (κ1) is 92.9. The third-order valence-corrected chi connectivity index (χ3v) is 29.6. The van der Waals surface area contributed by atoms with Gasteiger partial charge in [-0.15, -0.1) is 11.8 Å². The Kier molecular flexibility index (Phi) is 30.5. The van der Waals surface area contributed by atoms with Crippen LogP contribution in [0.25, 0.3) is 0 Å². The Bertz CT molecular complexity index is 4100. The van der Waals surface area contributed by atoms with Crippen molar-refractivity contribution in [2.24, 2.45) is 52.1 Å². The predicted molar refractivity (Wildman–Crippen MR) is 447 cm³/mol. The maximum Gasteiger partial charge on any atom is 1.00 e. The van der Waals surface area contributed by atoms with Crippen molar-refractivity contribution >= 4 is 41.2 Å². The van der Waals surface area contributed by atoms with E-state index in [4.69, 9.17) is 82.6 Å². The summed E-state index contributed by atoms with van der Waals surface area (Å²) in [4.78, 5) is 55.4. The van der Waals surface area contributed by atoms with Gasteiger partial charge >= 0.3 is 13.5 Å². The molecule has 29 heteroatoms. The minimum atomic E-state index is -0.954. The van der Waals surface area contributed by atoms with E-state index in [1.165, 1.54) is 5.57 Å². The van der Waals surface area contributed by atoms with Gasteiger partial charge in [0, 0.05) is 109 Å². The summed E-state index contributed by atoms with van der Waals surface area (Å²) in [6, 6.07) is 15.4. The van der Waals surface area contributed by atoms with Crippen LogP contribution in [-0.2, 0) is 83.6 Å². The van der Waals surface area contributed by atoms with Gasteiger partial charge in [0.15, 0.2) is 5.79 Å². The van der Waals surface area contributed by atoms with E-state index in [1.54, 1.807) is 45.4 Å². The first-order valence-electron chi connectivity index (χ1n) is 44.0. The lowest BCUT2D eigenvalue weighted by molar-refractivity contribution is -0.292. The monoisotopic (exact) mass is 1730 g/mol. The number of methoxy groups -OCH3 is 2. The molecule has 18 rings (SSSR count). The molecule has 15 aliphatic rings. The van der Waals surface area contributed by atoms with E-state index in [0.717, 1.165) is 117 Å². The molecular weight excluding hydrogens is 1590 g/mol. The molecule has 1 spiro atoms. The van der Waals surface area contributed by atoms with E-state index in [-0.39, 0.29) is 184 Å². The molecule has 12 heterocycles. The quantitative estimate of drug-likeness (QED) is 0.0463. The van der Waals surface area contributed by atoms with Crippen LogP contribution in [0, 0.1) is 46.3 Å². The van der Waals surface area contributed by atoms with Crippen molar-refractivity contribution in [1.82, 2.24) is 14.9 Å². The van der Waals surface area contributed by atoms with Gasteiger partial charge in [-0.1, -0.05) is 40.0 Å². The van der Waals surface area contributed by atoms with Crippen LogP contribution in [0.1, 0.15) is 184 Å². The third kappa shape index (κ3) is 20.8. The van der Waals surface area contributed by atoms with Crippen LogP contribution < -0.4 is 33.5 Å². The van der Waals surface area contributed by atoms with Crippen molar-refractivity contribution in [3.63, 3.8) is 0 Å². The summed E-state index contributed by atoms with van der Waals surface area (Å²) in [6.07, 6.45) is 20.1. The number of carbonyl (C=O) groups excluding carboxylic acids is 3. The minimum absolute atomic E-state index is 0. The van der Waals surface area contributed by atoms with E-state index in [1.807, 2.05) is 65.4 Å². The lowest BCUT2D eigenvalue weighted by Gasteiger charge is -2.57. The van der Waals surface area contributed by atoms with Gasteiger partial charge in [0.1, 0.15) is 48.2 Å². The maximum absolute atomic E-state index is 14.1. The van der Waals surface area contributed by atoms with Gasteiger partial charge < -0.3 is 115 Å². The van der Waals surface area contributed by atoms with Crippen molar-refractivity contribution < 1.29 is 120 Å². The number of ether oxygens (including phenoxy) is 13. The molecule has 2 aromatic carbocycles. The third-order valence-electron chi connectivity index (χ3n) is 28.4. The van der Waals surface area contributed by atoms with Crippen molar-refractivity contribution in [1.29, 1.82) is 0 Å². The number of carbonyl (C=O) groups is 4. The highest BCUT2D eigenvalue weighted by molar-refractivity contribution is 7.99. The van der Waals surface area contributed by atoms with Crippen molar-refractivity contribution in [2.45, 2.75) is 315 Å². The highest BCUT2D eigenvalue weighted by atomic mass is 35.5. The number of benzene rings is 2. The Morgan fingerprint density at radius 2 is 1.50 bits per heavy atom. The summed E-state index contributed by atoms with van der Waals surface area (Å²) in [5, 5.41) is 49.9. The van der Waals surface area contributed by atoms with Gasteiger partial charge in [0.25, 0.3) is 0 Å². The number of imidazole rings is 1. The largest absolute Gasteiger partial charge is 1.00 e. The molecule has 1 aromatic heterocycles. The highest BCUT2D eigenvalue weighted by Crippen LogP contribution is 2.66. The number of hydrogen-bond donors (Lipinski definition) is 8. The average Bonchev–Trinajstić information content (AvgIpc) is 1.58. The number of fused-ring (bicyclic) bond motifs is 11. The van der Waals surface area contributed by atoms with Gasteiger partial charge in [-0.2, -0.15) is 0 Å². The Morgan fingerprint density at radius 1 is 0.777 bits per heavy atom. The van der Waals surface area contributed by atoms with Crippen LogP contribution in [-0.4, -0.2) is 233 Å². The summed E-state index contributed by atoms with van der Waals surface area (Å²) in [5.41, 5.74) is 11.4. The number of nitrogens with zero attached hydrogens (tertiary/aromatic N) is 2. The second kappa shape index (κ2) is 39.7. The minimum Gasteiger partial charge on any atom is -1.00 e. The van der Waals surface area contributed by atoms with Crippen LogP contribution in [0.5, 0.6) is 5.75 Å². The van der Waals surface area contributed by atoms with Gasteiger partial charge in [-0.3, -0.25) is 14.9 Å². The molecule has 9 N–H and O–H groups in total. The van der Waals surface area contributed by atoms with Gasteiger partial charge in [-0.05, 0) is 223 Å². The molecule has 27 atom stereocenters. The number of anilines is 1. The number of nitrogens with two attached hydrogens (primary N) is 1. The van der Waals surface area contributed by atoms with Crippen molar-refractivity contribution in [3.05, 3.63) is 120 Å². The molecule has 11 saturated heterocycles. The number of rotatable bonds is 17. The van der Waals surface area contributed by atoms with Gasteiger partial charge in [0.2, 0.25) is 11.7 Å². The Morgan fingerprint density at radius 3 is 2.20 bits per heavy atom. The second-order valence-corrected chi connectivity index (χ2v) is 38.6. The summed E-state index contributed by atoms with van der Waals surface area (Å²) >= 11 is 1.68. The molecule has 12 bridgehead atoms. The topological polar surface area (TPSA) is 357 Å². The molecule has 2 saturated carbocycles. The number of carboxylic acid groups (broad SMARTS) is 1. The fourth-order valence-electron chi connectivity index (χ4n) is 22.3. The van der Waals surface area contributed by atoms with Crippen molar-refractivity contribution in [2.75, 3.05) is 58.3 Å². The number of amides is 2. The molecule has 13 fully saturated rings. The number of carboxylic acids is 1. The number of hydrogen-bond acceptors (Lipinski definition) is 24. The lowest BCUT2D eigenvalue weighted by Crippen LogP contribution is -3.00. The Balaban J connectivity index is 0.000000169. The number of aliphatic carboxylic acids is 1. The molecule has 0 radical (unpaired) electrons. The molecular formula is C92H132ClN5O22S. The molecule has 121 heavy (non-hydrogen) atoms. The fourth-order valence-corrected chi connectivity index (χ4v) is 23.1. The zero-order valence-electron chi connectivity index (χ0n) is 72.8. The number of aliphatic hydroxyl groups is 4. The van der Waals surface area contributed by atoms with Gasteiger partial charge in [-0.25, -0.2) is 14.6 Å². The fraction of sp³-hybridized carbons (Fsp3) is 0.707. The molecule has 27 nitrogen and oxygen atoms in total. The molecule has 11 aliphatic heterocycles. The zero-order chi connectivity index (χ0) is 85.2. The van der Waals surface area contributed by atoms with Crippen LogP contribution in [0.3, 0.4) is 0 Å². The standard InChI is InChI=1S/C40H59NO11.C25H37NO3.C24H27N3O5S.C3H8O3.ClH/c1-19-11-24-5-7-28-20(2)12-26(45-28)9-10-40-17-33-36(51-40)37-38(50-33)39(52-40)35-29(49-37)8-6-25(47-35)13-22(42)14-27-31(16-30(46-24)21(19)3)48-32(34(27)44-4)15-23(43)18-41;1-23(2,3)26-21(27)20-9-8-18-17-7-6-16-14-15(22(28)29)10-12-24(16,4)19(17)11-13-25(18,20)5;1-3-30-23(28)26-19-6-10-22(11-7-19)33-15-21-14-31-24(32-21,16-27-13-12-25-17-27)18-4-8-20(29-2)9-5-18;4-1-3(6)2-5;/h19,23-39,43H,2-3,5-18,41H2,1,4H3;6,14,17-20H,7-13H2,1-5H3,(H,26,27)(H,28,29);4-13,17,21H,3,14-16H2,1-2H3,(H,26,28);3-6H,1-2H2;1H/t19-,23+,24+,25-,26+,27+,28+,29+,30-,31+,32-,33+,34-,35+,36+,37+,38-,39+,40+;;21-,24+;;/m1.1../s1. The number of aromatic nitrogens is 2. The zero-order valence-corrected chi connectivity index (χ0v) is 73.4. The number of aliphatic hydroxyl groups excluding tert-OH is 4. The maximum atomic E-state index is 14.1. The number of Topliss-reactive ketones (excluding diaryl/α,β-unsaturated/α-hetero) is 1. The molecule has 6 unspecified atom stereocenters. The normalized spacial score (nSPS) is 38.4. The number of ketones is 1. The van der Waals surface area contributed by atoms with Crippen LogP contribution in [0.2, 0.25) is 0 Å². The SMILES string of the molecule is C=C1C[C@@H]2CC[C@@]34C[C@@H]5O[C@@H]6[C@@H](O[C@H]7CC[C@H](CC(=O)C[C@@H]8[C@@H](OC)[C@@H](C[C@H](O)CN)O[C@H]8C[C@H]8O[C@@H](CC[C@@H]1O2)C[C@@H](C)C8=C)O[C@@H]7[C@@H]6O3)[C@H]5O4.CC(C)(C)NC(=O)C1CCC2C3CC=C4C=C(C(=O)O)CCC4(C)C3CCC12C.CCOC(=O)Nc1ccc(SC[C@H]2CO[C@](Cn3ccnc3)(c3ccc(OC)cc3)O2)cc1.OCC(O)CO.[Cl-].[H+]. The number of nitrogens with one attached hydrogen (secondary N) is 2. The molecule has 2 amide bonds. The van der Waals surface area contributed by atoms with Crippen molar-refractivity contribution in [3.8, 4) is 5.75 Å². The average molecular weight is 1730 g/mol. The molecule has 3 aromatic rings.